The molecule has 0 saturated heterocycles. The van der Waals surface area contributed by atoms with Crippen LogP contribution in [0.2, 0.25) is 0 Å². The van der Waals surface area contributed by atoms with Crippen molar-refractivity contribution >= 4 is 29.3 Å². The van der Waals surface area contributed by atoms with Crippen LogP contribution in [-0.2, 0) is 22.7 Å². The zero-order valence-electron chi connectivity index (χ0n) is 14.4. The smallest absolute Gasteiger partial charge is 0.292 e. The molecule has 3 heterocycles. The summed E-state index contributed by atoms with van der Waals surface area (Å²) in [7, 11) is 1.55. The average molecular weight is 388 g/mol. The quantitative estimate of drug-likeness (QED) is 0.807. The summed E-state index contributed by atoms with van der Waals surface area (Å²) >= 11 is 1.27. The number of ether oxygens (including phenoxy) is 2. The third-order valence-electron chi connectivity index (χ3n) is 4.27. The molecule has 2 aliphatic rings. The Kier molecular flexibility index (Phi) is 4.48. The minimum Gasteiger partial charge on any atom is -0.454 e. The Morgan fingerprint density at radius 3 is 2.96 bits per heavy atom. The van der Waals surface area contributed by atoms with Crippen molar-refractivity contribution in [3.05, 3.63) is 40.3 Å². The lowest BCUT2D eigenvalue weighted by Gasteiger charge is -2.24. The lowest BCUT2D eigenvalue weighted by molar-refractivity contribution is -0.122. The highest BCUT2D eigenvalue weighted by molar-refractivity contribution is 8.00. The number of carbonyl (C=O) groups excluding carboxylic acids is 2. The van der Waals surface area contributed by atoms with Gasteiger partial charge in [0.15, 0.2) is 11.5 Å². The molecule has 0 radical (unpaired) electrons. The van der Waals surface area contributed by atoms with E-state index in [0.29, 0.717) is 16.4 Å². The lowest BCUT2D eigenvalue weighted by atomic mass is 10.2. The summed E-state index contributed by atoms with van der Waals surface area (Å²) in [5.74, 6) is 1.06. The van der Waals surface area contributed by atoms with Crippen molar-refractivity contribution in [1.29, 1.82) is 0 Å². The van der Waals surface area contributed by atoms with E-state index in [1.165, 1.54) is 22.9 Å². The maximum atomic E-state index is 12.6. The van der Waals surface area contributed by atoms with Gasteiger partial charge in [-0.05, 0) is 17.7 Å². The number of rotatable bonds is 4. The molecule has 27 heavy (non-hydrogen) atoms. The van der Waals surface area contributed by atoms with Crippen molar-refractivity contribution in [2.45, 2.75) is 18.0 Å². The van der Waals surface area contributed by atoms with E-state index in [1.807, 2.05) is 6.07 Å². The predicted molar refractivity (Wildman–Crippen MR) is 97.0 cm³/mol. The minimum atomic E-state index is -0.464. The van der Waals surface area contributed by atoms with E-state index in [-0.39, 0.29) is 43.1 Å². The maximum absolute atomic E-state index is 12.6. The standard InChI is InChI=1S/C17H16N4O5S/c1-20-15(23)8-27-13-6-19-21(17(24)16(13)20)7-14(22)18-5-10-2-3-11-12(4-10)26-9-25-11/h2-4,6H,5,7-9H2,1H3,(H,18,22). The predicted octanol–water partition coefficient (Wildman–Crippen LogP) is 0.357. The molecule has 140 valence electrons. The topological polar surface area (TPSA) is 103 Å². The monoisotopic (exact) mass is 388 g/mol. The number of hydrogen-bond acceptors (Lipinski definition) is 7. The maximum Gasteiger partial charge on any atom is 0.292 e. The molecule has 0 spiro atoms. The number of thioether (sulfide) groups is 1. The van der Waals surface area contributed by atoms with Gasteiger partial charge in [0.05, 0.1) is 16.8 Å². The van der Waals surface area contributed by atoms with Crippen molar-refractivity contribution in [1.82, 2.24) is 15.1 Å². The molecule has 9 nitrogen and oxygen atoms in total. The Morgan fingerprint density at radius 2 is 2.11 bits per heavy atom. The number of nitrogens with one attached hydrogen (secondary N) is 1. The van der Waals surface area contributed by atoms with E-state index in [2.05, 4.69) is 10.4 Å². The van der Waals surface area contributed by atoms with Crippen LogP contribution in [0.4, 0.5) is 5.69 Å². The van der Waals surface area contributed by atoms with Crippen LogP contribution in [0.15, 0.2) is 34.1 Å². The second kappa shape index (κ2) is 6.95. The number of anilines is 1. The fourth-order valence-electron chi connectivity index (χ4n) is 2.79. The first-order valence-electron chi connectivity index (χ1n) is 8.17. The minimum absolute atomic E-state index is 0.158. The van der Waals surface area contributed by atoms with E-state index in [1.54, 1.807) is 19.2 Å². The molecule has 0 fully saturated rings. The number of nitrogens with zero attached hydrogens (tertiary/aromatic N) is 3. The lowest BCUT2D eigenvalue weighted by Crippen LogP contribution is -2.40. The van der Waals surface area contributed by atoms with Crippen LogP contribution in [0.1, 0.15) is 5.56 Å². The normalized spacial score (nSPS) is 14.9. The highest BCUT2D eigenvalue weighted by atomic mass is 32.2. The Hall–Kier alpha value is -3.01. The summed E-state index contributed by atoms with van der Waals surface area (Å²) in [6.07, 6.45) is 1.51. The first kappa shape index (κ1) is 17.4. The van der Waals surface area contributed by atoms with E-state index in [4.69, 9.17) is 9.47 Å². The first-order valence-corrected chi connectivity index (χ1v) is 9.16. The number of amides is 2. The van der Waals surface area contributed by atoms with Crippen LogP contribution in [-0.4, -0.2) is 41.2 Å². The Balaban J connectivity index is 1.44. The van der Waals surface area contributed by atoms with Crippen LogP contribution in [0.3, 0.4) is 0 Å². The van der Waals surface area contributed by atoms with Gasteiger partial charge in [-0.1, -0.05) is 6.07 Å². The second-order valence-electron chi connectivity index (χ2n) is 6.03. The van der Waals surface area contributed by atoms with Crippen LogP contribution in [0.25, 0.3) is 0 Å². The summed E-state index contributed by atoms with van der Waals surface area (Å²) in [4.78, 5) is 38.6. The molecule has 0 aliphatic carbocycles. The van der Waals surface area contributed by atoms with Crippen molar-refractivity contribution in [2.24, 2.45) is 0 Å². The molecule has 4 rings (SSSR count). The third kappa shape index (κ3) is 3.35. The molecule has 0 saturated carbocycles. The van der Waals surface area contributed by atoms with Gasteiger partial charge in [0.2, 0.25) is 18.6 Å². The molecular weight excluding hydrogens is 372 g/mol. The summed E-state index contributed by atoms with van der Waals surface area (Å²) in [5.41, 5.74) is 0.642. The van der Waals surface area contributed by atoms with Crippen molar-refractivity contribution in [3.8, 4) is 11.5 Å². The van der Waals surface area contributed by atoms with E-state index < -0.39 is 5.56 Å². The molecule has 10 heteroatoms. The van der Waals surface area contributed by atoms with Gasteiger partial charge in [-0.15, -0.1) is 11.8 Å². The summed E-state index contributed by atoms with van der Waals surface area (Å²) < 4.78 is 11.6. The summed E-state index contributed by atoms with van der Waals surface area (Å²) in [5, 5.41) is 6.79. The van der Waals surface area contributed by atoms with Crippen molar-refractivity contribution < 1.29 is 19.1 Å². The number of fused-ring (bicyclic) bond motifs is 2. The summed E-state index contributed by atoms with van der Waals surface area (Å²) in [6.45, 7) is 0.236. The molecule has 2 amide bonds. The first-order chi connectivity index (χ1) is 13.0. The Morgan fingerprint density at radius 1 is 1.30 bits per heavy atom. The van der Waals surface area contributed by atoms with Crippen LogP contribution < -0.4 is 25.2 Å². The van der Waals surface area contributed by atoms with Crippen LogP contribution in [0.5, 0.6) is 11.5 Å². The molecule has 1 aromatic heterocycles. The SMILES string of the molecule is CN1C(=O)CSc2cnn(CC(=O)NCc3ccc4c(c3)OCO4)c(=O)c21. The second-order valence-corrected chi connectivity index (χ2v) is 7.04. The Labute approximate surface area is 158 Å². The molecule has 2 aliphatic heterocycles. The fourth-order valence-corrected chi connectivity index (χ4v) is 3.75. The molecule has 0 bridgehead atoms. The number of carbonyl (C=O) groups is 2. The van der Waals surface area contributed by atoms with Gasteiger partial charge in [0.1, 0.15) is 12.2 Å². The van der Waals surface area contributed by atoms with E-state index in [9.17, 15) is 14.4 Å². The van der Waals surface area contributed by atoms with Crippen molar-refractivity contribution in [2.75, 3.05) is 24.5 Å². The van der Waals surface area contributed by atoms with E-state index in [0.717, 1.165) is 10.2 Å². The van der Waals surface area contributed by atoms with Gasteiger partial charge in [-0.3, -0.25) is 14.4 Å². The van der Waals surface area contributed by atoms with Gasteiger partial charge < -0.3 is 19.7 Å². The van der Waals surface area contributed by atoms with Gasteiger partial charge >= 0.3 is 0 Å². The van der Waals surface area contributed by atoms with Gasteiger partial charge in [0, 0.05) is 13.6 Å². The molecule has 1 aromatic carbocycles. The Bertz CT molecular complexity index is 990. The molecule has 2 aromatic rings. The molecular formula is C17H16N4O5S. The van der Waals surface area contributed by atoms with Crippen LogP contribution in [0, 0.1) is 0 Å². The fraction of sp³-hybridized carbons (Fsp3) is 0.294. The van der Waals surface area contributed by atoms with Gasteiger partial charge in [0.25, 0.3) is 5.56 Å². The highest BCUT2D eigenvalue weighted by Gasteiger charge is 2.26. The third-order valence-corrected chi connectivity index (χ3v) is 5.27. The van der Waals surface area contributed by atoms with Gasteiger partial charge in [-0.25, -0.2) is 4.68 Å². The number of aromatic nitrogens is 2. The number of hydrogen-bond donors (Lipinski definition) is 1. The number of benzene rings is 1. The van der Waals surface area contributed by atoms with E-state index >= 15 is 0 Å². The van der Waals surface area contributed by atoms with Gasteiger partial charge in [-0.2, -0.15) is 5.10 Å². The molecule has 1 N–H and O–H groups in total. The average Bonchev–Trinajstić information content (AvgIpc) is 3.13. The van der Waals surface area contributed by atoms with Crippen molar-refractivity contribution in [3.63, 3.8) is 0 Å². The summed E-state index contributed by atoms with van der Waals surface area (Å²) in [6, 6.07) is 5.41. The largest absolute Gasteiger partial charge is 0.454 e. The zero-order valence-corrected chi connectivity index (χ0v) is 15.2. The zero-order chi connectivity index (χ0) is 19.0. The molecule has 0 atom stereocenters. The molecule has 0 unspecified atom stereocenters. The highest BCUT2D eigenvalue weighted by Crippen LogP contribution is 2.32. The van der Waals surface area contributed by atoms with Crippen LogP contribution >= 0.6 is 11.8 Å².